The molecule has 0 saturated carbocycles. The Labute approximate surface area is 79.7 Å². The molecule has 0 aliphatic heterocycles. The van der Waals surface area contributed by atoms with E-state index < -0.39 is 0 Å². The van der Waals surface area contributed by atoms with Gasteiger partial charge in [-0.15, -0.1) is 0 Å². The third-order valence-electron chi connectivity index (χ3n) is 1.74. The Morgan fingerprint density at radius 3 is 2.77 bits per heavy atom. The average Bonchev–Trinajstić information content (AvgIpc) is 2.14. The van der Waals surface area contributed by atoms with E-state index in [4.69, 9.17) is 5.11 Å². The van der Waals surface area contributed by atoms with Gasteiger partial charge in [0.15, 0.2) is 0 Å². The van der Waals surface area contributed by atoms with E-state index >= 15 is 0 Å². The van der Waals surface area contributed by atoms with Crippen molar-refractivity contribution in [3.05, 3.63) is 0 Å². The first-order valence-corrected chi connectivity index (χ1v) is 4.81. The second kappa shape index (κ2) is 8.01. The molecule has 0 aromatic rings. The number of hydrogen-bond acceptors (Lipinski definition) is 3. The topological polar surface area (TPSA) is 61.4 Å². The van der Waals surface area contributed by atoms with Gasteiger partial charge in [0.2, 0.25) is 5.91 Å². The van der Waals surface area contributed by atoms with Gasteiger partial charge in [-0.1, -0.05) is 13.3 Å². The number of amides is 1. The number of carbonyl (C=O) groups excluding carboxylic acids is 1. The van der Waals surface area contributed by atoms with Gasteiger partial charge in [0.05, 0.1) is 13.2 Å². The minimum atomic E-state index is -0.0167. The molecule has 13 heavy (non-hydrogen) atoms. The van der Waals surface area contributed by atoms with Gasteiger partial charge in [-0.2, -0.15) is 0 Å². The van der Waals surface area contributed by atoms with Crippen molar-refractivity contribution in [2.45, 2.75) is 32.7 Å². The van der Waals surface area contributed by atoms with Gasteiger partial charge in [0, 0.05) is 12.6 Å². The molecule has 3 N–H and O–H groups in total. The molecule has 4 nitrogen and oxygen atoms in total. The molecule has 0 fully saturated rings. The fourth-order valence-corrected chi connectivity index (χ4v) is 0.799. The first kappa shape index (κ1) is 12.4. The monoisotopic (exact) mass is 188 g/mol. The molecule has 0 heterocycles. The van der Waals surface area contributed by atoms with Crippen LogP contribution in [0.25, 0.3) is 0 Å². The van der Waals surface area contributed by atoms with Crippen LogP contribution < -0.4 is 10.6 Å². The standard InChI is InChI=1S/C9H20N2O2/c1-3-4-5-10-9(13)6-11-8(2)7-12/h8,11-12H,3-7H2,1-2H3,(H,10,13). The summed E-state index contributed by atoms with van der Waals surface area (Å²) in [5, 5.41) is 14.3. The van der Waals surface area contributed by atoms with Crippen LogP contribution in [-0.2, 0) is 4.79 Å². The summed E-state index contributed by atoms with van der Waals surface area (Å²) < 4.78 is 0. The number of nitrogens with one attached hydrogen (secondary N) is 2. The lowest BCUT2D eigenvalue weighted by Gasteiger charge is -2.10. The minimum Gasteiger partial charge on any atom is -0.395 e. The first-order chi connectivity index (χ1) is 6.20. The number of aliphatic hydroxyl groups is 1. The third-order valence-corrected chi connectivity index (χ3v) is 1.74. The van der Waals surface area contributed by atoms with Gasteiger partial charge < -0.3 is 15.7 Å². The summed E-state index contributed by atoms with van der Waals surface area (Å²) in [6, 6.07) is -0.0167. The molecule has 0 aromatic carbocycles. The smallest absolute Gasteiger partial charge is 0.233 e. The van der Waals surface area contributed by atoms with Crippen molar-refractivity contribution in [3.63, 3.8) is 0 Å². The predicted octanol–water partition coefficient (Wildman–Crippen LogP) is -0.127. The summed E-state index contributed by atoms with van der Waals surface area (Å²) in [6.07, 6.45) is 2.10. The quantitative estimate of drug-likeness (QED) is 0.488. The predicted molar refractivity (Wildman–Crippen MR) is 52.5 cm³/mol. The molecule has 1 amide bonds. The van der Waals surface area contributed by atoms with Crippen molar-refractivity contribution in [1.29, 1.82) is 0 Å². The number of rotatable bonds is 7. The van der Waals surface area contributed by atoms with Crippen molar-refractivity contribution in [3.8, 4) is 0 Å². The van der Waals surface area contributed by atoms with Gasteiger partial charge >= 0.3 is 0 Å². The lowest BCUT2D eigenvalue weighted by atomic mass is 10.3. The van der Waals surface area contributed by atoms with Gasteiger partial charge in [-0.05, 0) is 13.3 Å². The maximum absolute atomic E-state index is 11.1. The highest BCUT2D eigenvalue weighted by molar-refractivity contribution is 5.77. The van der Waals surface area contributed by atoms with E-state index in [9.17, 15) is 4.79 Å². The van der Waals surface area contributed by atoms with E-state index in [0.29, 0.717) is 0 Å². The molecule has 0 aliphatic rings. The largest absolute Gasteiger partial charge is 0.395 e. The molecular formula is C9H20N2O2. The second-order valence-electron chi connectivity index (χ2n) is 3.17. The summed E-state index contributed by atoms with van der Waals surface area (Å²) in [7, 11) is 0. The normalized spacial score (nSPS) is 12.5. The van der Waals surface area contributed by atoms with Gasteiger partial charge in [-0.25, -0.2) is 0 Å². The number of carbonyl (C=O) groups is 1. The molecule has 0 rings (SSSR count). The fourth-order valence-electron chi connectivity index (χ4n) is 0.799. The Morgan fingerprint density at radius 2 is 2.23 bits per heavy atom. The van der Waals surface area contributed by atoms with Crippen LogP contribution in [-0.4, -0.2) is 36.8 Å². The van der Waals surface area contributed by atoms with E-state index in [1.165, 1.54) is 0 Å². The lowest BCUT2D eigenvalue weighted by molar-refractivity contribution is -0.120. The molecule has 0 radical (unpaired) electrons. The maximum Gasteiger partial charge on any atom is 0.233 e. The highest BCUT2D eigenvalue weighted by Gasteiger charge is 2.02. The molecule has 1 unspecified atom stereocenters. The van der Waals surface area contributed by atoms with Crippen molar-refractivity contribution >= 4 is 5.91 Å². The molecule has 0 bridgehead atoms. The Kier molecular flexibility index (Phi) is 7.63. The Morgan fingerprint density at radius 1 is 1.54 bits per heavy atom. The molecule has 78 valence electrons. The fraction of sp³-hybridized carbons (Fsp3) is 0.889. The van der Waals surface area contributed by atoms with Crippen LogP contribution in [0.4, 0.5) is 0 Å². The van der Waals surface area contributed by atoms with Crippen molar-refractivity contribution in [2.24, 2.45) is 0 Å². The molecular weight excluding hydrogens is 168 g/mol. The zero-order valence-corrected chi connectivity index (χ0v) is 8.47. The van der Waals surface area contributed by atoms with Crippen LogP contribution in [0.1, 0.15) is 26.7 Å². The van der Waals surface area contributed by atoms with Crippen molar-refractivity contribution in [1.82, 2.24) is 10.6 Å². The van der Waals surface area contributed by atoms with Crippen LogP contribution in [0.5, 0.6) is 0 Å². The van der Waals surface area contributed by atoms with E-state index in [1.54, 1.807) is 0 Å². The van der Waals surface area contributed by atoms with E-state index in [2.05, 4.69) is 17.6 Å². The first-order valence-electron chi connectivity index (χ1n) is 4.81. The van der Waals surface area contributed by atoms with Crippen LogP contribution in [0, 0.1) is 0 Å². The third kappa shape index (κ3) is 7.74. The Bertz CT molecular complexity index is 140. The molecule has 1 atom stereocenters. The van der Waals surface area contributed by atoms with Crippen LogP contribution in [0.3, 0.4) is 0 Å². The van der Waals surface area contributed by atoms with E-state index in [-0.39, 0.29) is 25.1 Å². The van der Waals surface area contributed by atoms with Crippen LogP contribution in [0.2, 0.25) is 0 Å². The second-order valence-corrected chi connectivity index (χ2v) is 3.17. The number of aliphatic hydroxyl groups excluding tert-OH is 1. The zero-order valence-electron chi connectivity index (χ0n) is 8.47. The molecule has 0 saturated heterocycles. The summed E-state index contributed by atoms with van der Waals surface area (Å²) in [6.45, 7) is 5.00. The number of unbranched alkanes of at least 4 members (excludes halogenated alkanes) is 1. The van der Waals surface area contributed by atoms with Crippen molar-refractivity contribution in [2.75, 3.05) is 19.7 Å². The van der Waals surface area contributed by atoms with Crippen LogP contribution in [0.15, 0.2) is 0 Å². The average molecular weight is 188 g/mol. The minimum absolute atomic E-state index is 0.00579. The highest BCUT2D eigenvalue weighted by atomic mass is 16.3. The SMILES string of the molecule is CCCCNC(=O)CNC(C)CO. The highest BCUT2D eigenvalue weighted by Crippen LogP contribution is 1.82. The van der Waals surface area contributed by atoms with Gasteiger partial charge in [-0.3, -0.25) is 4.79 Å². The summed E-state index contributed by atoms with van der Waals surface area (Å²) in [4.78, 5) is 11.1. The van der Waals surface area contributed by atoms with E-state index in [0.717, 1.165) is 19.4 Å². The molecule has 0 aromatic heterocycles. The van der Waals surface area contributed by atoms with Gasteiger partial charge in [0.1, 0.15) is 0 Å². The summed E-state index contributed by atoms with van der Waals surface area (Å²) in [5.41, 5.74) is 0. The summed E-state index contributed by atoms with van der Waals surface area (Å²) in [5.74, 6) is -0.00579. The molecule has 4 heteroatoms. The maximum atomic E-state index is 11.1. The van der Waals surface area contributed by atoms with Crippen molar-refractivity contribution < 1.29 is 9.90 Å². The molecule has 0 spiro atoms. The summed E-state index contributed by atoms with van der Waals surface area (Å²) >= 11 is 0. The Hall–Kier alpha value is -0.610. The lowest BCUT2D eigenvalue weighted by Crippen LogP contribution is -2.39. The van der Waals surface area contributed by atoms with E-state index in [1.807, 2.05) is 6.92 Å². The van der Waals surface area contributed by atoms with Crippen LogP contribution >= 0.6 is 0 Å². The molecule has 0 aliphatic carbocycles. The zero-order chi connectivity index (χ0) is 10.1. The number of hydrogen-bond donors (Lipinski definition) is 3. The Balaban J connectivity index is 3.30. The van der Waals surface area contributed by atoms with Gasteiger partial charge in [0.25, 0.3) is 0 Å².